The van der Waals surface area contributed by atoms with Gasteiger partial charge in [0.2, 0.25) is 5.78 Å². The molecule has 0 amide bonds. The first kappa shape index (κ1) is 17.9. The van der Waals surface area contributed by atoms with Crippen LogP contribution in [0.4, 0.5) is 0 Å². The van der Waals surface area contributed by atoms with Crippen LogP contribution in [0.1, 0.15) is 22.2 Å². The quantitative estimate of drug-likeness (QED) is 0.821. The van der Waals surface area contributed by atoms with Gasteiger partial charge in [0.25, 0.3) is 0 Å². The second kappa shape index (κ2) is 7.75. The maximum absolute atomic E-state index is 12.6. The van der Waals surface area contributed by atoms with Crippen LogP contribution in [0.2, 0.25) is 5.02 Å². The summed E-state index contributed by atoms with van der Waals surface area (Å²) in [6, 6.07) is 10.7. The molecule has 1 atom stereocenters. The predicted octanol–water partition coefficient (Wildman–Crippen LogP) is 2.97. The number of carbonyl (C=O) groups is 1. The van der Waals surface area contributed by atoms with Crippen molar-refractivity contribution in [1.82, 2.24) is 9.47 Å². The molecule has 0 aliphatic carbocycles. The number of nitrogens with zero attached hydrogens (tertiary/aromatic N) is 2. The van der Waals surface area contributed by atoms with Crippen molar-refractivity contribution in [2.24, 2.45) is 5.73 Å². The van der Waals surface area contributed by atoms with E-state index in [1.165, 1.54) is 0 Å². The highest BCUT2D eigenvalue weighted by molar-refractivity contribution is 8.93. The third kappa shape index (κ3) is 3.74. The van der Waals surface area contributed by atoms with Crippen LogP contribution < -0.4 is 5.73 Å². The van der Waals surface area contributed by atoms with Gasteiger partial charge >= 0.3 is 0 Å². The van der Waals surface area contributed by atoms with Crippen LogP contribution in [0.3, 0.4) is 0 Å². The molecular formula is C15H19BrClN3O. The summed E-state index contributed by atoms with van der Waals surface area (Å²) in [5.74, 6) is -0.0964. The van der Waals surface area contributed by atoms with E-state index in [1.54, 1.807) is 30.3 Å². The molecule has 6 heteroatoms. The minimum atomic E-state index is -0.0964. The van der Waals surface area contributed by atoms with E-state index in [9.17, 15) is 4.79 Å². The summed E-state index contributed by atoms with van der Waals surface area (Å²) in [6.07, 6.45) is 1.80. The van der Waals surface area contributed by atoms with Crippen molar-refractivity contribution >= 4 is 34.4 Å². The lowest BCUT2D eigenvalue weighted by atomic mass is 10.1. The summed E-state index contributed by atoms with van der Waals surface area (Å²) in [6.45, 7) is 0.421. The molecule has 1 aromatic carbocycles. The molecule has 1 heterocycles. The molecule has 4 nitrogen and oxygen atoms in total. The van der Waals surface area contributed by atoms with Crippen LogP contribution in [0.5, 0.6) is 0 Å². The summed E-state index contributed by atoms with van der Waals surface area (Å²) in [5, 5.41) is 0.458. The summed E-state index contributed by atoms with van der Waals surface area (Å²) in [4.78, 5) is 14.6. The van der Waals surface area contributed by atoms with Gasteiger partial charge in [-0.1, -0.05) is 23.7 Å². The fourth-order valence-corrected chi connectivity index (χ4v) is 2.42. The number of halogens is 2. The van der Waals surface area contributed by atoms with Crippen molar-refractivity contribution < 1.29 is 4.79 Å². The Hall–Kier alpha value is -1.14. The first-order valence-electron chi connectivity index (χ1n) is 6.38. The molecule has 0 saturated heterocycles. The Morgan fingerprint density at radius 3 is 2.52 bits per heavy atom. The standard InChI is InChI=1S/C15H18ClN3O.BrH/c1-18(2)14(10-17)19-9-5-8-13(19)15(20)11-6-3-4-7-12(11)16;/h3-9,14H,10,17H2,1-2H3;1H. The molecule has 0 fully saturated rings. The number of likely N-dealkylation sites (N-methyl/N-ethyl adjacent to an activating group) is 1. The molecule has 0 aliphatic rings. The maximum atomic E-state index is 12.6. The molecule has 1 aromatic heterocycles. The van der Waals surface area contributed by atoms with Crippen LogP contribution in [0, 0.1) is 0 Å². The van der Waals surface area contributed by atoms with Crippen molar-refractivity contribution in [2.45, 2.75) is 6.17 Å². The molecule has 2 rings (SSSR count). The molecule has 2 aromatic rings. The molecule has 0 spiro atoms. The SMILES string of the molecule is Br.CN(C)C(CN)n1cccc1C(=O)c1ccccc1Cl. The third-order valence-corrected chi connectivity index (χ3v) is 3.59. The van der Waals surface area contributed by atoms with Gasteiger partial charge in [-0.3, -0.25) is 9.69 Å². The molecule has 0 bridgehead atoms. The van der Waals surface area contributed by atoms with Gasteiger partial charge in [0.1, 0.15) is 0 Å². The van der Waals surface area contributed by atoms with Gasteiger partial charge < -0.3 is 10.3 Å². The lowest BCUT2D eigenvalue weighted by Gasteiger charge is -2.26. The van der Waals surface area contributed by atoms with Gasteiger partial charge in [-0.05, 0) is 38.4 Å². The van der Waals surface area contributed by atoms with E-state index in [-0.39, 0.29) is 28.9 Å². The highest BCUT2D eigenvalue weighted by Crippen LogP contribution is 2.21. The van der Waals surface area contributed by atoms with Gasteiger partial charge in [0.15, 0.2) is 0 Å². The number of aromatic nitrogens is 1. The van der Waals surface area contributed by atoms with E-state index >= 15 is 0 Å². The highest BCUT2D eigenvalue weighted by atomic mass is 79.9. The van der Waals surface area contributed by atoms with Gasteiger partial charge in [-0.15, -0.1) is 17.0 Å². The van der Waals surface area contributed by atoms with Gasteiger partial charge in [-0.25, -0.2) is 0 Å². The van der Waals surface area contributed by atoms with Gasteiger partial charge in [0.05, 0.1) is 16.9 Å². The number of carbonyl (C=O) groups excluding carboxylic acids is 1. The minimum Gasteiger partial charge on any atom is -0.327 e. The number of ketones is 1. The zero-order chi connectivity index (χ0) is 14.7. The van der Waals surface area contributed by atoms with Crippen molar-refractivity contribution in [3.63, 3.8) is 0 Å². The lowest BCUT2D eigenvalue weighted by molar-refractivity contribution is 0.102. The Kier molecular flexibility index (Phi) is 6.61. The molecule has 114 valence electrons. The Morgan fingerprint density at radius 2 is 1.95 bits per heavy atom. The average Bonchev–Trinajstić information content (AvgIpc) is 2.88. The van der Waals surface area contributed by atoms with Crippen LogP contribution in [-0.4, -0.2) is 35.9 Å². The summed E-state index contributed by atoms with van der Waals surface area (Å²) >= 11 is 6.10. The molecule has 1 unspecified atom stereocenters. The van der Waals surface area contributed by atoms with E-state index in [2.05, 4.69) is 0 Å². The second-order valence-corrected chi connectivity index (χ2v) is 5.20. The maximum Gasteiger partial charge on any atom is 0.210 e. The van der Waals surface area contributed by atoms with Crippen LogP contribution >= 0.6 is 28.6 Å². The smallest absolute Gasteiger partial charge is 0.210 e. The number of hydrogen-bond acceptors (Lipinski definition) is 3. The number of nitrogens with two attached hydrogens (primary N) is 1. The summed E-state index contributed by atoms with van der Waals surface area (Å²) < 4.78 is 1.88. The van der Waals surface area contributed by atoms with E-state index in [0.29, 0.717) is 22.8 Å². The van der Waals surface area contributed by atoms with Crippen molar-refractivity contribution in [3.8, 4) is 0 Å². The number of benzene rings is 1. The molecule has 0 saturated carbocycles. The Bertz CT molecular complexity index is 612. The second-order valence-electron chi connectivity index (χ2n) is 4.79. The van der Waals surface area contributed by atoms with Crippen LogP contribution in [0.15, 0.2) is 42.6 Å². The van der Waals surface area contributed by atoms with E-state index < -0.39 is 0 Å². The molecule has 0 radical (unpaired) electrons. The van der Waals surface area contributed by atoms with E-state index in [0.717, 1.165) is 0 Å². The zero-order valence-corrected chi connectivity index (χ0v) is 14.5. The largest absolute Gasteiger partial charge is 0.327 e. The van der Waals surface area contributed by atoms with Gasteiger partial charge in [-0.2, -0.15) is 0 Å². The monoisotopic (exact) mass is 371 g/mol. The van der Waals surface area contributed by atoms with Crippen molar-refractivity contribution in [1.29, 1.82) is 0 Å². The zero-order valence-electron chi connectivity index (χ0n) is 12.0. The Balaban J connectivity index is 0.00000220. The number of rotatable bonds is 5. The summed E-state index contributed by atoms with van der Waals surface area (Å²) in [5.41, 5.74) is 6.89. The van der Waals surface area contributed by atoms with Crippen molar-refractivity contribution in [3.05, 3.63) is 58.9 Å². The van der Waals surface area contributed by atoms with E-state index in [1.807, 2.05) is 35.8 Å². The predicted molar refractivity (Wildman–Crippen MR) is 91.4 cm³/mol. The van der Waals surface area contributed by atoms with Crippen LogP contribution in [0.25, 0.3) is 0 Å². The fraction of sp³-hybridized carbons (Fsp3) is 0.267. The topological polar surface area (TPSA) is 51.3 Å². The molecular weight excluding hydrogens is 354 g/mol. The molecule has 21 heavy (non-hydrogen) atoms. The summed E-state index contributed by atoms with van der Waals surface area (Å²) in [7, 11) is 3.86. The first-order chi connectivity index (χ1) is 9.56. The highest BCUT2D eigenvalue weighted by Gasteiger charge is 2.20. The normalized spacial score (nSPS) is 12.0. The Morgan fingerprint density at radius 1 is 1.29 bits per heavy atom. The molecule has 0 aliphatic heterocycles. The van der Waals surface area contributed by atoms with E-state index in [4.69, 9.17) is 17.3 Å². The Labute approximate surface area is 140 Å². The molecule has 2 N–H and O–H groups in total. The fourth-order valence-electron chi connectivity index (χ4n) is 2.20. The van der Waals surface area contributed by atoms with Crippen molar-refractivity contribution in [2.75, 3.05) is 20.6 Å². The average molecular weight is 373 g/mol. The minimum absolute atomic E-state index is 0. The van der Waals surface area contributed by atoms with Gasteiger partial charge in [0, 0.05) is 18.3 Å². The first-order valence-corrected chi connectivity index (χ1v) is 6.76. The third-order valence-electron chi connectivity index (χ3n) is 3.26. The lowest BCUT2D eigenvalue weighted by Crippen LogP contribution is -2.33. The van der Waals surface area contributed by atoms with Crippen LogP contribution in [-0.2, 0) is 0 Å². The number of hydrogen-bond donors (Lipinski definition) is 1.